The lowest BCUT2D eigenvalue weighted by Gasteiger charge is -2.45. The lowest BCUT2D eigenvalue weighted by Crippen LogP contribution is -2.57. The van der Waals surface area contributed by atoms with E-state index in [2.05, 4.69) is 63.4 Å². The van der Waals surface area contributed by atoms with Gasteiger partial charge in [0, 0.05) is 12.3 Å². The van der Waals surface area contributed by atoms with Gasteiger partial charge in [0.2, 0.25) is 0 Å². The average molecular weight is 652 g/mol. The molecule has 1 aliphatic carbocycles. The minimum absolute atomic E-state index is 0.109. The van der Waals surface area contributed by atoms with E-state index < -0.39 is 17.6 Å². The number of alkyl carbamates (subject to hydrolysis) is 1. The Morgan fingerprint density at radius 3 is 2.08 bits per heavy atom. The van der Waals surface area contributed by atoms with E-state index >= 15 is 0 Å². The number of hydrogen-bond acceptors (Lipinski definition) is 4. The molecule has 0 radical (unpaired) electrons. The Kier molecular flexibility index (Phi) is 14.3. The third-order valence-electron chi connectivity index (χ3n) is 10.1. The number of benzene rings is 3. The largest absolute Gasteiger partial charge is 0.460 e. The molecule has 1 amide bonds. The van der Waals surface area contributed by atoms with Gasteiger partial charge in [-0.15, -0.1) is 0 Å². The van der Waals surface area contributed by atoms with Crippen LogP contribution >= 0.6 is 0 Å². The molecule has 3 aromatic rings. The second kappa shape index (κ2) is 18.6. The number of rotatable bonds is 17. The number of unbranched alkanes of at least 4 members (excludes halogenated alkanes) is 6. The Labute approximate surface area is 289 Å². The van der Waals surface area contributed by atoms with Crippen molar-refractivity contribution in [1.29, 1.82) is 0 Å². The van der Waals surface area contributed by atoms with Crippen molar-refractivity contribution in [2.45, 2.75) is 122 Å². The maximum atomic E-state index is 14.8. The molecule has 3 aromatic carbocycles. The van der Waals surface area contributed by atoms with Gasteiger partial charge in [0.05, 0.1) is 0 Å². The van der Waals surface area contributed by atoms with Crippen molar-refractivity contribution in [2.75, 3.05) is 0 Å². The molecule has 0 unspecified atom stereocenters. The van der Waals surface area contributed by atoms with Gasteiger partial charge in [-0.3, -0.25) is 0 Å². The molecule has 4 atom stereocenters. The molecule has 1 N–H and O–H groups in total. The minimum Gasteiger partial charge on any atom is -0.460 e. The van der Waals surface area contributed by atoms with Crippen LogP contribution in [0, 0.1) is 11.8 Å². The van der Waals surface area contributed by atoms with Gasteiger partial charge in [-0.2, -0.15) is 0 Å². The van der Waals surface area contributed by atoms with Gasteiger partial charge in [-0.25, -0.2) is 9.59 Å². The number of allylic oxidation sites excluding steroid dienone is 1. The maximum Gasteiger partial charge on any atom is 0.408 e. The molecule has 0 aliphatic heterocycles. The van der Waals surface area contributed by atoms with Gasteiger partial charge in [-0.05, 0) is 53.7 Å². The van der Waals surface area contributed by atoms with Gasteiger partial charge in [0.25, 0.3) is 0 Å². The normalized spacial score (nSPS) is 19.4. The first-order chi connectivity index (χ1) is 23.2. The maximum absolute atomic E-state index is 14.8. The predicted octanol–water partition coefficient (Wildman–Crippen LogP) is 10.5. The van der Waals surface area contributed by atoms with Crippen LogP contribution in [-0.4, -0.2) is 23.7 Å². The molecule has 5 nitrogen and oxygen atoms in total. The third kappa shape index (κ3) is 10.8. The fourth-order valence-electron chi connectivity index (χ4n) is 7.13. The van der Waals surface area contributed by atoms with Crippen LogP contribution in [0.15, 0.2) is 103 Å². The van der Waals surface area contributed by atoms with E-state index in [1.54, 1.807) is 0 Å². The lowest BCUT2D eigenvalue weighted by atomic mass is 9.64. The summed E-state index contributed by atoms with van der Waals surface area (Å²) in [4.78, 5) is 28.3. The van der Waals surface area contributed by atoms with Crippen LogP contribution in [0.1, 0.15) is 109 Å². The number of nitrogens with one attached hydrogen (secondary N) is 1. The summed E-state index contributed by atoms with van der Waals surface area (Å²) in [5.74, 6) is 0.128. The topological polar surface area (TPSA) is 64.6 Å². The molecule has 5 heteroatoms. The summed E-state index contributed by atoms with van der Waals surface area (Å²) in [5, 5.41) is 3.03. The van der Waals surface area contributed by atoms with E-state index in [1.165, 1.54) is 31.2 Å². The summed E-state index contributed by atoms with van der Waals surface area (Å²) in [6.07, 6.45) is 14.0. The van der Waals surface area contributed by atoms with Crippen molar-refractivity contribution in [3.63, 3.8) is 0 Å². The highest BCUT2D eigenvalue weighted by Gasteiger charge is 2.46. The molecule has 0 bridgehead atoms. The lowest BCUT2D eigenvalue weighted by molar-refractivity contribution is -0.162. The standard InChI is InChI=1S/C43H57NO4/c1-5-6-7-8-9-10-11-21-30-43(32-35-22-15-12-16-23-35,44-41(46)47-33-36-24-17-13-18-25-36)40(45)48-39-31-34(2)28-29-38(39)42(3,4)37-26-19-14-20-27-37/h12-27,30,34,38-39H,5-11,28-29,31-33H2,1-4H3,(H,44,46)/b30-21+/t34-,38-,39-,43+/m1/s1. The monoisotopic (exact) mass is 651 g/mol. The smallest absolute Gasteiger partial charge is 0.408 e. The van der Waals surface area contributed by atoms with Crippen LogP contribution in [0.5, 0.6) is 0 Å². The van der Waals surface area contributed by atoms with Gasteiger partial charge in [-0.1, -0.05) is 169 Å². The molecule has 258 valence electrons. The van der Waals surface area contributed by atoms with Gasteiger partial charge in [0.1, 0.15) is 12.7 Å². The van der Waals surface area contributed by atoms with Crippen molar-refractivity contribution >= 4 is 12.1 Å². The molecule has 0 heterocycles. The summed E-state index contributed by atoms with van der Waals surface area (Å²) in [5.41, 5.74) is 1.41. The van der Waals surface area contributed by atoms with Gasteiger partial charge in [0.15, 0.2) is 5.54 Å². The van der Waals surface area contributed by atoms with Gasteiger partial charge < -0.3 is 14.8 Å². The van der Waals surface area contributed by atoms with E-state index in [0.717, 1.165) is 49.7 Å². The molecule has 1 saturated carbocycles. The van der Waals surface area contributed by atoms with Crippen LogP contribution in [0.2, 0.25) is 0 Å². The van der Waals surface area contributed by atoms with Crippen LogP contribution in [0.3, 0.4) is 0 Å². The molecule has 48 heavy (non-hydrogen) atoms. The number of ether oxygens (including phenoxy) is 2. The molecule has 0 aromatic heterocycles. The zero-order chi connectivity index (χ0) is 34.2. The second-order valence-corrected chi connectivity index (χ2v) is 14.3. The SMILES string of the molecule is CCCCCCCC/C=C/[C@@](Cc1ccccc1)(NC(=O)OCc1ccccc1)C(=O)O[C@@H]1C[C@H](C)CC[C@H]1C(C)(C)c1ccccc1. The summed E-state index contributed by atoms with van der Waals surface area (Å²) in [6, 6.07) is 30.0. The molecule has 0 spiro atoms. The van der Waals surface area contributed by atoms with E-state index in [0.29, 0.717) is 5.92 Å². The van der Waals surface area contributed by atoms with E-state index in [1.807, 2.05) is 72.8 Å². The van der Waals surface area contributed by atoms with Crippen molar-refractivity contribution in [1.82, 2.24) is 5.32 Å². The summed E-state index contributed by atoms with van der Waals surface area (Å²) in [7, 11) is 0. The minimum atomic E-state index is -1.43. The summed E-state index contributed by atoms with van der Waals surface area (Å²) >= 11 is 0. The molecule has 4 rings (SSSR count). The number of carbonyl (C=O) groups excluding carboxylic acids is 2. The van der Waals surface area contributed by atoms with E-state index in [9.17, 15) is 9.59 Å². The summed E-state index contributed by atoms with van der Waals surface area (Å²) in [6.45, 7) is 9.10. The van der Waals surface area contributed by atoms with Crippen molar-refractivity contribution in [2.24, 2.45) is 11.8 Å². The Hall–Kier alpha value is -3.86. The van der Waals surface area contributed by atoms with Crippen molar-refractivity contribution in [3.8, 4) is 0 Å². The van der Waals surface area contributed by atoms with Crippen molar-refractivity contribution < 1.29 is 19.1 Å². The Morgan fingerprint density at radius 1 is 0.812 bits per heavy atom. The molecular weight excluding hydrogens is 594 g/mol. The van der Waals surface area contributed by atoms with Crippen LogP contribution in [0.4, 0.5) is 4.79 Å². The summed E-state index contributed by atoms with van der Waals surface area (Å²) < 4.78 is 12.3. The quantitative estimate of drug-likeness (QED) is 0.0896. The number of carbonyl (C=O) groups is 2. The molecular formula is C43H57NO4. The highest BCUT2D eigenvalue weighted by molar-refractivity contribution is 5.88. The number of hydrogen-bond donors (Lipinski definition) is 1. The zero-order valence-corrected chi connectivity index (χ0v) is 29.7. The predicted molar refractivity (Wildman–Crippen MR) is 196 cm³/mol. The van der Waals surface area contributed by atoms with E-state index in [4.69, 9.17) is 9.47 Å². The molecule has 1 aliphatic rings. The highest BCUT2D eigenvalue weighted by Crippen LogP contribution is 2.44. The third-order valence-corrected chi connectivity index (χ3v) is 10.1. The molecule has 0 saturated heterocycles. The highest BCUT2D eigenvalue weighted by atomic mass is 16.6. The average Bonchev–Trinajstić information content (AvgIpc) is 3.09. The fourth-order valence-corrected chi connectivity index (χ4v) is 7.13. The first kappa shape index (κ1) is 37.0. The Bertz CT molecular complexity index is 1400. The van der Waals surface area contributed by atoms with Crippen molar-refractivity contribution in [3.05, 3.63) is 120 Å². The van der Waals surface area contributed by atoms with Crippen LogP contribution in [0.25, 0.3) is 0 Å². The number of amides is 1. The zero-order valence-electron chi connectivity index (χ0n) is 29.7. The van der Waals surface area contributed by atoms with E-state index in [-0.39, 0.29) is 30.5 Å². The number of esters is 1. The Balaban J connectivity index is 1.63. The molecule has 1 fully saturated rings. The van der Waals surface area contributed by atoms with Crippen LogP contribution in [-0.2, 0) is 32.7 Å². The first-order valence-corrected chi connectivity index (χ1v) is 18.2. The fraction of sp³-hybridized carbons (Fsp3) is 0.488. The second-order valence-electron chi connectivity index (χ2n) is 14.3. The van der Waals surface area contributed by atoms with Gasteiger partial charge >= 0.3 is 12.1 Å². The first-order valence-electron chi connectivity index (χ1n) is 18.2. The van der Waals surface area contributed by atoms with Crippen LogP contribution < -0.4 is 5.32 Å². The Morgan fingerprint density at radius 2 is 1.42 bits per heavy atom.